The first-order valence-electron chi connectivity index (χ1n) is 5.95. The molecule has 0 spiro atoms. The molecule has 1 unspecified atom stereocenters. The topological polar surface area (TPSA) is 108 Å². The molecule has 0 aliphatic heterocycles. The second-order valence-corrected chi connectivity index (χ2v) is 4.04. The largest absolute Gasteiger partial charge is 0.481 e. The molecule has 0 saturated heterocycles. The Morgan fingerprint density at radius 2 is 1.83 bits per heavy atom. The summed E-state index contributed by atoms with van der Waals surface area (Å²) in [6.07, 6.45) is 0.241. The Bertz CT molecular complexity index is 294. The summed E-state index contributed by atoms with van der Waals surface area (Å²) in [5.74, 6) is -1.13. The van der Waals surface area contributed by atoms with Gasteiger partial charge in [-0.3, -0.25) is 9.59 Å². The molecule has 0 radical (unpaired) electrons. The van der Waals surface area contributed by atoms with Gasteiger partial charge in [-0.1, -0.05) is 6.92 Å². The van der Waals surface area contributed by atoms with Gasteiger partial charge in [-0.15, -0.1) is 0 Å². The summed E-state index contributed by atoms with van der Waals surface area (Å²) >= 11 is 0. The number of rotatable bonds is 8. The average Bonchev–Trinajstić information content (AvgIpc) is 2.26. The molecule has 0 aromatic heterocycles. The number of carboxylic acid groups (broad SMARTS) is 1. The molecule has 104 valence electrons. The van der Waals surface area contributed by atoms with Gasteiger partial charge in [0, 0.05) is 32.5 Å². The first kappa shape index (κ1) is 16.2. The molecule has 0 rings (SSSR count). The highest BCUT2D eigenvalue weighted by atomic mass is 16.4. The molecule has 1 atom stereocenters. The first-order valence-corrected chi connectivity index (χ1v) is 5.95. The maximum atomic E-state index is 11.3. The molecule has 0 heterocycles. The number of aliphatic carboxylic acids is 1. The van der Waals surface area contributed by atoms with Crippen LogP contribution >= 0.6 is 0 Å². The Morgan fingerprint density at radius 1 is 1.17 bits per heavy atom. The smallest absolute Gasteiger partial charge is 0.314 e. The number of amides is 3. The number of hydrogen-bond donors (Lipinski definition) is 4. The molecule has 3 amide bonds. The number of carbonyl (C=O) groups excluding carboxylic acids is 2. The third-order valence-electron chi connectivity index (χ3n) is 2.15. The zero-order valence-corrected chi connectivity index (χ0v) is 10.8. The summed E-state index contributed by atoms with van der Waals surface area (Å²) in [6, 6.07) is -0.392. The van der Waals surface area contributed by atoms with Gasteiger partial charge in [-0.05, 0) is 12.8 Å². The summed E-state index contributed by atoms with van der Waals surface area (Å²) in [5, 5.41) is 16.2. The minimum Gasteiger partial charge on any atom is -0.481 e. The molecule has 0 aliphatic rings. The van der Waals surface area contributed by atoms with Crippen LogP contribution in [-0.4, -0.2) is 42.6 Å². The van der Waals surface area contributed by atoms with Crippen molar-refractivity contribution in [3.8, 4) is 0 Å². The predicted octanol–water partition coefficient (Wildman–Crippen LogP) is -0.0774. The zero-order chi connectivity index (χ0) is 14.0. The zero-order valence-electron chi connectivity index (χ0n) is 10.8. The lowest BCUT2D eigenvalue weighted by Gasteiger charge is -2.11. The lowest BCUT2D eigenvalue weighted by Crippen LogP contribution is -2.39. The van der Waals surface area contributed by atoms with E-state index in [9.17, 15) is 14.4 Å². The summed E-state index contributed by atoms with van der Waals surface area (Å²) in [7, 11) is 0. The van der Waals surface area contributed by atoms with Crippen LogP contribution in [0.15, 0.2) is 0 Å². The Hall–Kier alpha value is -1.79. The van der Waals surface area contributed by atoms with E-state index < -0.39 is 12.0 Å². The SMILES string of the molecule is CCNC(=O)CCNC(=O)NCC(C)CC(=O)O. The fourth-order valence-electron chi connectivity index (χ4n) is 1.27. The van der Waals surface area contributed by atoms with Crippen LogP contribution in [-0.2, 0) is 9.59 Å². The average molecular weight is 259 g/mol. The molecule has 7 heteroatoms. The van der Waals surface area contributed by atoms with Gasteiger partial charge in [0.05, 0.1) is 0 Å². The Morgan fingerprint density at radius 3 is 2.39 bits per heavy atom. The maximum Gasteiger partial charge on any atom is 0.314 e. The van der Waals surface area contributed by atoms with Crippen molar-refractivity contribution in [2.24, 2.45) is 5.92 Å². The summed E-state index contributed by atoms with van der Waals surface area (Å²) < 4.78 is 0. The Kier molecular flexibility index (Phi) is 8.34. The van der Waals surface area contributed by atoms with Crippen molar-refractivity contribution in [2.75, 3.05) is 19.6 Å². The molecular weight excluding hydrogens is 238 g/mol. The van der Waals surface area contributed by atoms with Crippen LogP contribution in [0.3, 0.4) is 0 Å². The van der Waals surface area contributed by atoms with Gasteiger partial charge < -0.3 is 21.1 Å². The van der Waals surface area contributed by atoms with E-state index in [1.54, 1.807) is 6.92 Å². The number of urea groups is 1. The van der Waals surface area contributed by atoms with E-state index >= 15 is 0 Å². The Balaban J connectivity index is 3.59. The van der Waals surface area contributed by atoms with Gasteiger partial charge in [0.1, 0.15) is 0 Å². The third-order valence-corrected chi connectivity index (χ3v) is 2.15. The molecule has 0 saturated carbocycles. The minimum atomic E-state index is -0.888. The van der Waals surface area contributed by atoms with E-state index in [2.05, 4.69) is 16.0 Å². The van der Waals surface area contributed by atoms with Crippen molar-refractivity contribution in [2.45, 2.75) is 26.7 Å². The van der Waals surface area contributed by atoms with Crippen LogP contribution in [0.2, 0.25) is 0 Å². The molecule has 0 aromatic rings. The molecule has 0 aliphatic carbocycles. The van der Waals surface area contributed by atoms with Crippen LogP contribution in [0.25, 0.3) is 0 Å². The molecule has 7 nitrogen and oxygen atoms in total. The van der Waals surface area contributed by atoms with Crippen LogP contribution in [0.4, 0.5) is 4.79 Å². The van der Waals surface area contributed by atoms with Crippen LogP contribution in [0.5, 0.6) is 0 Å². The molecular formula is C11H21N3O4. The van der Waals surface area contributed by atoms with E-state index in [0.717, 1.165) is 0 Å². The van der Waals surface area contributed by atoms with Gasteiger partial charge in [0.25, 0.3) is 0 Å². The van der Waals surface area contributed by atoms with Crippen molar-refractivity contribution >= 4 is 17.9 Å². The van der Waals surface area contributed by atoms with Crippen LogP contribution < -0.4 is 16.0 Å². The highest BCUT2D eigenvalue weighted by Gasteiger charge is 2.09. The van der Waals surface area contributed by atoms with Crippen LogP contribution in [0, 0.1) is 5.92 Å². The normalized spacial score (nSPS) is 11.4. The van der Waals surface area contributed by atoms with Gasteiger partial charge in [0.15, 0.2) is 0 Å². The van der Waals surface area contributed by atoms with Crippen molar-refractivity contribution in [3.63, 3.8) is 0 Å². The predicted molar refractivity (Wildman–Crippen MR) is 66.1 cm³/mol. The molecule has 18 heavy (non-hydrogen) atoms. The third kappa shape index (κ3) is 9.44. The summed E-state index contributed by atoms with van der Waals surface area (Å²) in [4.78, 5) is 32.7. The fraction of sp³-hybridized carbons (Fsp3) is 0.727. The molecule has 0 bridgehead atoms. The number of carbonyl (C=O) groups is 3. The van der Waals surface area contributed by atoms with E-state index in [0.29, 0.717) is 13.1 Å². The summed E-state index contributed by atoms with van der Waals surface area (Å²) in [5.41, 5.74) is 0. The maximum absolute atomic E-state index is 11.3. The van der Waals surface area contributed by atoms with Gasteiger partial charge in [-0.2, -0.15) is 0 Å². The van der Waals surface area contributed by atoms with Crippen LogP contribution in [0.1, 0.15) is 26.7 Å². The fourth-order valence-corrected chi connectivity index (χ4v) is 1.27. The molecule has 0 aromatic carbocycles. The second kappa shape index (κ2) is 9.26. The van der Waals surface area contributed by atoms with Crippen molar-refractivity contribution in [1.82, 2.24) is 16.0 Å². The molecule has 4 N–H and O–H groups in total. The quantitative estimate of drug-likeness (QED) is 0.489. The van der Waals surface area contributed by atoms with E-state index in [-0.39, 0.29) is 31.2 Å². The van der Waals surface area contributed by atoms with Crippen molar-refractivity contribution < 1.29 is 19.5 Å². The van der Waals surface area contributed by atoms with Crippen molar-refractivity contribution in [3.05, 3.63) is 0 Å². The van der Waals surface area contributed by atoms with Gasteiger partial charge >= 0.3 is 12.0 Å². The highest BCUT2D eigenvalue weighted by molar-refractivity contribution is 5.78. The van der Waals surface area contributed by atoms with Gasteiger partial charge in [0.2, 0.25) is 5.91 Å². The highest BCUT2D eigenvalue weighted by Crippen LogP contribution is 1.98. The first-order chi connectivity index (χ1) is 8.45. The standard InChI is InChI=1S/C11H21N3O4/c1-3-12-9(15)4-5-13-11(18)14-7-8(2)6-10(16)17/h8H,3-7H2,1-2H3,(H,12,15)(H,16,17)(H2,13,14,18). The van der Waals surface area contributed by atoms with E-state index in [1.165, 1.54) is 0 Å². The Labute approximate surface area is 106 Å². The van der Waals surface area contributed by atoms with Gasteiger partial charge in [-0.25, -0.2) is 4.79 Å². The second-order valence-electron chi connectivity index (χ2n) is 4.04. The van der Waals surface area contributed by atoms with Crippen molar-refractivity contribution in [1.29, 1.82) is 0 Å². The minimum absolute atomic E-state index is 0.0131. The lowest BCUT2D eigenvalue weighted by molar-refractivity contribution is -0.137. The number of carboxylic acids is 1. The monoisotopic (exact) mass is 259 g/mol. The number of nitrogens with one attached hydrogen (secondary N) is 3. The van der Waals surface area contributed by atoms with E-state index in [4.69, 9.17) is 5.11 Å². The summed E-state index contributed by atoms with van der Waals surface area (Å²) in [6.45, 7) is 4.67. The molecule has 0 fully saturated rings. The van der Waals surface area contributed by atoms with E-state index in [1.807, 2.05) is 6.92 Å². The lowest BCUT2D eigenvalue weighted by atomic mass is 10.1. The number of hydrogen-bond acceptors (Lipinski definition) is 3.